The Balaban J connectivity index is 5.06. The molecule has 0 saturated heterocycles. The summed E-state index contributed by atoms with van der Waals surface area (Å²) in [5.74, 6) is -0.599. The Morgan fingerprint density at radius 2 is 0.793 bits per heavy atom. The van der Waals surface area contributed by atoms with Crippen LogP contribution in [0.3, 0.4) is 0 Å². The van der Waals surface area contributed by atoms with Gasteiger partial charge >= 0.3 is 5.97 Å². The van der Waals surface area contributed by atoms with E-state index in [1.54, 1.807) is 0 Å². The predicted molar refractivity (Wildman–Crippen MR) is 353 cm³/mol. The summed E-state index contributed by atoms with van der Waals surface area (Å²) in [6.45, 7) is 6.72. The van der Waals surface area contributed by atoms with Crippen molar-refractivity contribution in [2.75, 3.05) is 40.9 Å². The van der Waals surface area contributed by atoms with Crippen LogP contribution in [-0.2, 0) is 27.9 Å². The van der Waals surface area contributed by atoms with Gasteiger partial charge in [0, 0.05) is 12.8 Å². The minimum absolute atomic E-state index is 0.0338. The van der Waals surface area contributed by atoms with Gasteiger partial charge in [-0.1, -0.05) is 312 Å². The molecule has 10 heteroatoms. The molecule has 3 atom stereocenters. The second kappa shape index (κ2) is 61.5. The molecule has 9 nitrogen and oxygen atoms in total. The highest BCUT2D eigenvalue weighted by atomic mass is 31.2. The predicted octanol–water partition coefficient (Wildman–Crippen LogP) is 21.3. The van der Waals surface area contributed by atoms with Crippen LogP contribution < -0.4 is 10.2 Å². The molecule has 0 aliphatic rings. The van der Waals surface area contributed by atoms with E-state index < -0.39 is 26.6 Å². The first-order valence-corrected chi connectivity index (χ1v) is 36.2. The molecule has 0 aliphatic carbocycles. The lowest BCUT2D eigenvalue weighted by atomic mass is 10.0. The van der Waals surface area contributed by atoms with Gasteiger partial charge in [0.2, 0.25) is 5.91 Å². The number of esters is 1. The number of hydrogen-bond acceptors (Lipinski definition) is 7. The molecule has 0 aromatic carbocycles. The molecule has 0 aromatic rings. The number of amides is 1. The Labute approximate surface area is 508 Å². The number of ether oxygens (including phenoxy) is 1. The van der Waals surface area contributed by atoms with Gasteiger partial charge < -0.3 is 28.5 Å². The summed E-state index contributed by atoms with van der Waals surface area (Å²) >= 11 is 0. The Morgan fingerprint density at radius 1 is 0.439 bits per heavy atom. The fourth-order valence-electron chi connectivity index (χ4n) is 10.1. The Hall–Kier alpha value is -2.55. The molecule has 1 N–H and O–H groups in total. The molecule has 0 aromatic heterocycles. The fraction of sp³-hybridized carbons (Fsp3) is 0.806. The third-order valence-corrected chi connectivity index (χ3v) is 16.4. The van der Waals surface area contributed by atoms with Crippen LogP contribution in [0.4, 0.5) is 0 Å². The highest BCUT2D eigenvalue weighted by molar-refractivity contribution is 7.45. The van der Waals surface area contributed by atoms with Crippen molar-refractivity contribution in [3.8, 4) is 0 Å². The molecule has 0 spiro atoms. The van der Waals surface area contributed by atoms with Crippen molar-refractivity contribution in [3.63, 3.8) is 0 Å². The van der Waals surface area contributed by atoms with Crippen molar-refractivity contribution in [1.29, 1.82) is 0 Å². The van der Waals surface area contributed by atoms with Crippen LogP contribution in [0.25, 0.3) is 0 Å². The Morgan fingerprint density at radius 3 is 1.18 bits per heavy atom. The lowest BCUT2D eigenvalue weighted by Crippen LogP contribution is -2.47. The van der Waals surface area contributed by atoms with Crippen LogP contribution in [-0.4, -0.2) is 69.4 Å². The third-order valence-electron chi connectivity index (χ3n) is 15.4. The summed E-state index contributed by atoms with van der Waals surface area (Å²) in [6.07, 6.45) is 80.5. The highest BCUT2D eigenvalue weighted by Gasteiger charge is 2.27. The van der Waals surface area contributed by atoms with Crippen molar-refractivity contribution in [1.82, 2.24) is 5.32 Å². The average molecular weight is 1170 g/mol. The molecule has 0 fully saturated rings. The molecule has 3 unspecified atom stereocenters. The van der Waals surface area contributed by atoms with Gasteiger partial charge in [-0.05, 0) is 70.3 Å². The van der Waals surface area contributed by atoms with Gasteiger partial charge in [-0.3, -0.25) is 14.2 Å². The Kier molecular flexibility index (Phi) is 59.6. The molecule has 0 heterocycles. The number of carbonyl (C=O) groups excluding carboxylic acids is 2. The van der Waals surface area contributed by atoms with E-state index in [-0.39, 0.29) is 31.3 Å². The van der Waals surface area contributed by atoms with E-state index >= 15 is 0 Å². The summed E-state index contributed by atoms with van der Waals surface area (Å²) < 4.78 is 30.4. The minimum atomic E-state index is -4.72. The van der Waals surface area contributed by atoms with Gasteiger partial charge in [0.25, 0.3) is 7.82 Å². The Bertz CT molecular complexity index is 1630. The second-order valence-electron chi connectivity index (χ2n) is 24.7. The summed E-state index contributed by atoms with van der Waals surface area (Å²) in [5.41, 5.74) is 0. The second-order valence-corrected chi connectivity index (χ2v) is 26.1. The number of nitrogens with one attached hydrogen (secondary N) is 1. The summed E-state index contributed by atoms with van der Waals surface area (Å²) in [4.78, 5) is 40.1. The monoisotopic (exact) mass is 1170 g/mol. The molecule has 0 saturated carbocycles. The maximum atomic E-state index is 13.5. The maximum Gasteiger partial charge on any atom is 0.306 e. The standard InChI is InChI=1S/C72H133N2O7P/c1-7-10-13-16-19-22-25-28-30-32-33-34-35-36-37-38-39-40-41-43-45-47-50-53-56-59-62-65-72(76)81-70(63-60-57-54-51-48-27-24-21-18-15-12-9-3)69(68-80-82(77,78)79-67-66-74(4,5)6)73-71(75)64-61-58-55-52-49-46-44-42-31-29-26-23-20-17-14-11-8-2/h11,14,20,23,29,31,44,46,52,55,60,63,69-70H,7-10,12-13,15-19,21-22,24-28,30,32-43,45,47-51,53-54,56-59,61-62,64-68H2,1-6H3,(H-,73,75,77,78)/b14-11-,23-20-,31-29-,46-44-,55-52-,63-60-. The van der Waals surface area contributed by atoms with E-state index in [0.717, 1.165) is 77.0 Å². The summed E-state index contributed by atoms with van der Waals surface area (Å²) in [5, 5.41) is 3.00. The normalized spacial score (nSPS) is 14.0. The van der Waals surface area contributed by atoms with E-state index in [2.05, 4.69) is 86.8 Å². The number of nitrogens with zero attached hydrogens (tertiary/aromatic N) is 1. The molecule has 0 rings (SSSR count). The number of rotatable bonds is 63. The molecule has 0 aliphatic heterocycles. The third kappa shape index (κ3) is 62.0. The number of phosphoric acid groups is 1. The van der Waals surface area contributed by atoms with Gasteiger partial charge in [-0.25, -0.2) is 0 Å². The number of phosphoric ester groups is 1. The first kappa shape index (κ1) is 79.5. The molecule has 478 valence electrons. The minimum Gasteiger partial charge on any atom is -0.756 e. The fourth-order valence-corrected chi connectivity index (χ4v) is 10.8. The molecule has 0 radical (unpaired) electrons. The van der Waals surface area contributed by atoms with Crippen LogP contribution in [0.2, 0.25) is 0 Å². The van der Waals surface area contributed by atoms with Crippen LogP contribution in [0.1, 0.15) is 323 Å². The number of likely N-dealkylation sites (N-methyl/N-ethyl adjacent to an activating group) is 1. The number of allylic oxidation sites excluding steroid dienone is 11. The summed E-state index contributed by atoms with van der Waals surface area (Å²) in [7, 11) is 1.15. The quantitative estimate of drug-likeness (QED) is 0.0212. The van der Waals surface area contributed by atoms with Gasteiger partial charge in [0.05, 0.1) is 33.8 Å². The van der Waals surface area contributed by atoms with Crippen LogP contribution in [0.5, 0.6) is 0 Å². The highest BCUT2D eigenvalue weighted by Crippen LogP contribution is 2.38. The molecule has 0 bridgehead atoms. The van der Waals surface area contributed by atoms with E-state index in [4.69, 9.17) is 13.8 Å². The maximum absolute atomic E-state index is 13.5. The molecular weight excluding hydrogens is 1040 g/mol. The average Bonchev–Trinajstić information content (AvgIpc) is 3.44. The van der Waals surface area contributed by atoms with Crippen molar-refractivity contribution in [2.45, 2.75) is 335 Å². The van der Waals surface area contributed by atoms with Crippen molar-refractivity contribution in [3.05, 3.63) is 72.9 Å². The van der Waals surface area contributed by atoms with Crippen LogP contribution in [0, 0.1) is 0 Å². The van der Waals surface area contributed by atoms with E-state index in [9.17, 15) is 19.0 Å². The first-order valence-electron chi connectivity index (χ1n) is 34.7. The number of carbonyl (C=O) groups is 2. The van der Waals surface area contributed by atoms with E-state index in [1.807, 2.05) is 33.3 Å². The number of quaternary nitrogens is 1. The molecular formula is C72H133N2O7P. The number of unbranched alkanes of at least 4 members (excludes halogenated alkanes) is 37. The van der Waals surface area contributed by atoms with E-state index in [1.165, 1.54) is 205 Å². The van der Waals surface area contributed by atoms with Crippen molar-refractivity contribution in [2.24, 2.45) is 0 Å². The van der Waals surface area contributed by atoms with E-state index in [0.29, 0.717) is 17.4 Å². The van der Waals surface area contributed by atoms with Gasteiger partial charge in [-0.15, -0.1) is 0 Å². The smallest absolute Gasteiger partial charge is 0.306 e. The zero-order valence-electron chi connectivity index (χ0n) is 54.7. The van der Waals surface area contributed by atoms with Gasteiger partial charge in [-0.2, -0.15) is 0 Å². The van der Waals surface area contributed by atoms with Crippen LogP contribution in [0.15, 0.2) is 72.9 Å². The molecule has 1 amide bonds. The van der Waals surface area contributed by atoms with Crippen LogP contribution >= 0.6 is 7.82 Å². The largest absolute Gasteiger partial charge is 0.756 e. The van der Waals surface area contributed by atoms with Gasteiger partial charge in [0.15, 0.2) is 0 Å². The summed E-state index contributed by atoms with van der Waals surface area (Å²) in [6, 6.07) is -0.919. The zero-order chi connectivity index (χ0) is 60.0. The first-order chi connectivity index (χ1) is 39.9. The lowest BCUT2D eigenvalue weighted by Gasteiger charge is -2.30. The van der Waals surface area contributed by atoms with Crippen molar-refractivity contribution >= 4 is 19.7 Å². The molecule has 82 heavy (non-hydrogen) atoms. The SMILES string of the molecule is CC/C=C\C/C=C\C/C=C\C/C=C\C/C=C\CCCC(=O)NC(COP(=O)([O-])OCC[N+](C)(C)C)C(/C=C\CCCCCCCCCCCC)OC(=O)CCCCCCCCCCCCCCCCCCCCCCCCCCCCC. The topological polar surface area (TPSA) is 114 Å². The number of hydrogen-bond donors (Lipinski definition) is 1. The lowest BCUT2D eigenvalue weighted by molar-refractivity contribution is -0.870. The van der Waals surface area contributed by atoms with Gasteiger partial charge in [0.1, 0.15) is 19.3 Å². The van der Waals surface area contributed by atoms with Crippen molar-refractivity contribution < 1.29 is 37.3 Å². The zero-order valence-corrected chi connectivity index (χ0v) is 55.6.